The van der Waals surface area contributed by atoms with Gasteiger partial charge in [0.15, 0.2) is 5.54 Å². The maximum Gasteiger partial charge on any atom is 0.329 e. The molecule has 1 aromatic carbocycles. The topological polar surface area (TPSA) is 85.3 Å². The second-order valence-electron chi connectivity index (χ2n) is 5.74. The summed E-state index contributed by atoms with van der Waals surface area (Å²) in [5, 5.41) is 10.7. The zero-order chi connectivity index (χ0) is 17.6. The molecule has 1 saturated heterocycles. The minimum Gasteiger partial charge on any atom is -0.469 e. The molecule has 2 atom stereocenters. The van der Waals surface area contributed by atoms with E-state index in [1.807, 2.05) is 30.3 Å². The Labute approximate surface area is 141 Å². The van der Waals surface area contributed by atoms with E-state index >= 15 is 0 Å². The zero-order valence-electron chi connectivity index (χ0n) is 13.9. The summed E-state index contributed by atoms with van der Waals surface area (Å²) < 4.78 is 9.69. The highest BCUT2D eigenvalue weighted by Gasteiger charge is 2.55. The Bertz CT molecular complexity index is 563. The van der Waals surface area contributed by atoms with Crippen molar-refractivity contribution in [1.29, 1.82) is 0 Å². The number of nitrogens with zero attached hydrogens (tertiary/aromatic N) is 1. The van der Waals surface area contributed by atoms with E-state index in [2.05, 4.69) is 0 Å². The van der Waals surface area contributed by atoms with Crippen LogP contribution in [0.1, 0.15) is 24.8 Å². The molecular weight excluding hydrogens is 314 g/mol. The van der Waals surface area contributed by atoms with Crippen molar-refractivity contribution in [3.63, 3.8) is 0 Å². The summed E-state index contributed by atoms with van der Waals surface area (Å²) >= 11 is 0. The van der Waals surface area contributed by atoms with Crippen LogP contribution in [-0.4, -0.2) is 54.6 Å². The number of aliphatic hydroxyl groups is 1. The normalized spacial score (nSPS) is 23.9. The Hall–Kier alpha value is -1.96. The second-order valence-corrected chi connectivity index (χ2v) is 5.74. The number of hydrogen-bond donors (Lipinski definition) is 1. The third-order valence-electron chi connectivity index (χ3n) is 4.17. The molecule has 1 N–H and O–H groups in total. The predicted octanol–water partition coefficient (Wildman–Crippen LogP) is 1.05. The Kier molecular flexibility index (Phi) is 6.30. The van der Waals surface area contributed by atoms with Crippen molar-refractivity contribution in [2.45, 2.75) is 37.5 Å². The molecule has 1 heterocycles. The van der Waals surface area contributed by atoms with Gasteiger partial charge < -0.3 is 14.6 Å². The lowest BCUT2D eigenvalue weighted by Crippen LogP contribution is -2.51. The Morgan fingerprint density at radius 2 is 2.00 bits per heavy atom. The van der Waals surface area contributed by atoms with Gasteiger partial charge in [-0.05, 0) is 12.0 Å². The summed E-state index contributed by atoms with van der Waals surface area (Å²) in [4.78, 5) is 30.3. The third kappa shape index (κ3) is 3.92. The minimum absolute atomic E-state index is 0.0701. The van der Waals surface area contributed by atoms with E-state index in [4.69, 9.17) is 14.3 Å². The molecule has 0 bridgehead atoms. The van der Waals surface area contributed by atoms with E-state index in [9.17, 15) is 14.7 Å². The number of aliphatic hydroxyl groups excluding tert-OH is 1. The van der Waals surface area contributed by atoms with Crippen molar-refractivity contribution in [3.8, 4) is 0 Å². The van der Waals surface area contributed by atoms with Gasteiger partial charge in [0.1, 0.15) is 0 Å². The largest absolute Gasteiger partial charge is 0.469 e. The van der Waals surface area contributed by atoms with Crippen LogP contribution >= 0.6 is 0 Å². The number of carbonyl (C=O) groups is 2. The first kappa shape index (κ1) is 18.4. The molecule has 0 radical (unpaired) electrons. The van der Waals surface area contributed by atoms with Gasteiger partial charge in [-0.3, -0.25) is 9.63 Å². The highest BCUT2D eigenvalue weighted by Crippen LogP contribution is 2.38. The van der Waals surface area contributed by atoms with Crippen LogP contribution in [0.3, 0.4) is 0 Å². The van der Waals surface area contributed by atoms with Crippen LogP contribution in [0, 0.1) is 0 Å². The number of carbonyl (C=O) groups excluding carboxylic acids is 2. The summed E-state index contributed by atoms with van der Waals surface area (Å²) in [7, 11) is 2.55. The van der Waals surface area contributed by atoms with Gasteiger partial charge in [-0.2, -0.15) is 5.06 Å². The fourth-order valence-corrected chi connectivity index (χ4v) is 2.95. The maximum atomic E-state index is 12.5. The van der Waals surface area contributed by atoms with Crippen LogP contribution in [0.25, 0.3) is 0 Å². The van der Waals surface area contributed by atoms with E-state index in [0.717, 1.165) is 5.56 Å². The van der Waals surface area contributed by atoms with Gasteiger partial charge in [0.25, 0.3) is 0 Å². The van der Waals surface area contributed by atoms with E-state index in [1.54, 1.807) is 0 Å². The highest BCUT2D eigenvalue weighted by molar-refractivity contribution is 5.87. The van der Waals surface area contributed by atoms with Crippen molar-refractivity contribution < 1.29 is 29.0 Å². The minimum atomic E-state index is -1.27. The van der Waals surface area contributed by atoms with Crippen LogP contribution in [-0.2, 0) is 30.4 Å². The number of benzene rings is 1. The first-order valence-electron chi connectivity index (χ1n) is 7.80. The number of ether oxygens (including phenoxy) is 2. The molecule has 1 aliphatic heterocycles. The van der Waals surface area contributed by atoms with Crippen LogP contribution < -0.4 is 0 Å². The van der Waals surface area contributed by atoms with E-state index in [1.165, 1.54) is 19.3 Å². The lowest BCUT2D eigenvalue weighted by Gasteiger charge is -2.32. The summed E-state index contributed by atoms with van der Waals surface area (Å²) in [6.07, 6.45) is 0.0701. The van der Waals surface area contributed by atoms with Crippen molar-refractivity contribution >= 4 is 11.9 Å². The van der Waals surface area contributed by atoms with Crippen LogP contribution in [0.5, 0.6) is 0 Å². The van der Waals surface area contributed by atoms with E-state index in [0.29, 0.717) is 13.0 Å². The van der Waals surface area contributed by atoms with Crippen molar-refractivity contribution in [1.82, 2.24) is 5.06 Å². The van der Waals surface area contributed by atoms with E-state index in [-0.39, 0.29) is 25.6 Å². The lowest BCUT2D eigenvalue weighted by atomic mass is 9.88. The van der Waals surface area contributed by atoms with Gasteiger partial charge in [0, 0.05) is 13.0 Å². The summed E-state index contributed by atoms with van der Waals surface area (Å²) in [5.41, 5.74) is -0.336. The zero-order valence-corrected chi connectivity index (χ0v) is 13.9. The standard InChI is InChI=1S/C17H23NO6/c1-22-15(20)11-17(16(21)23-2)10-14(8-9-19)24-18(17)12-13-6-4-3-5-7-13/h3-7,14,19H,8-12H2,1-2H3/t14-,17-/m0/s1. The van der Waals surface area contributed by atoms with Gasteiger partial charge in [0.2, 0.25) is 0 Å². The molecule has 2 rings (SSSR count). The molecule has 0 saturated carbocycles. The monoisotopic (exact) mass is 337 g/mol. The third-order valence-corrected chi connectivity index (χ3v) is 4.17. The van der Waals surface area contributed by atoms with Crippen LogP contribution in [0.2, 0.25) is 0 Å². The number of esters is 2. The number of hydrogen-bond acceptors (Lipinski definition) is 7. The first-order valence-corrected chi connectivity index (χ1v) is 7.80. The smallest absolute Gasteiger partial charge is 0.329 e. The van der Waals surface area contributed by atoms with E-state index < -0.39 is 17.5 Å². The van der Waals surface area contributed by atoms with Gasteiger partial charge >= 0.3 is 11.9 Å². The molecule has 7 heteroatoms. The fourth-order valence-electron chi connectivity index (χ4n) is 2.95. The molecule has 24 heavy (non-hydrogen) atoms. The van der Waals surface area contributed by atoms with Crippen molar-refractivity contribution in [2.24, 2.45) is 0 Å². The molecule has 0 aromatic heterocycles. The quantitative estimate of drug-likeness (QED) is 0.744. The summed E-state index contributed by atoms with van der Waals surface area (Å²) in [6, 6.07) is 9.48. The number of rotatable bonds is 7. The molecule has 0 aliphatic carbocycles. The molecule has 1 aliphatic rings. The molecule has 0 spiro atoms. The Morgan fingerprint density at radius 1 is 1.29 bits per heavy atom. The Balaban J connectivity index is 2.32. The highest BCUT2D eigenvalue weighted by atomic mass is 16.7. The van der Waals surface area contributed by atoms with Gasteiger partial charge in [0.05, 0.1) is 33.3 Å². The van der Waals surface area contributed by atoms with Gasteiger partial charge in [-0.1, -0.05) is 30.3 Å². The lowest BCUT2D eigenvalue weighted by molar-refractivity contribution is -0.212. The number of methoxy groups -OCH3 is 2. The molecule has 132 valence electrons. The molecular formula is C17H23NO6. The second kappa shape index (κ2) is 8.23. The summed E-state index contributed by atoms with van der Waals surface area (Å²) in [5.74, 6) is -1.07. The molecule has 1 aromatic rings. The van der Waals surface area contributed by atoms with Crippen molar-refractivity contribution in [3.05, 3.63) is 35.9 Å². The molecule has 1 fully saturated rings. The molecule has 0 amide bonds. The predicted molar refractivity (Wildman–Crippen MR) is 84.6 cm³/mol. The summed E-state index contributed by atoms with van der Waals surface area (Å²) in [6.45, 7) is 0.244. The number of hydroxylamine groups is 2. The fraction of sp³-hybridized carbons (Fsp3) is 0.529. The van der Waals surface area contributed by atoms with Gasteiger partial charge in [-0.15, -0.1) is 0 Å². The SMILES string of the molecule is COC(=O)C[C@]1(C(=O)OC)C[C@H](CCO)ON1Cc1ccccc1. The molecule has 0 unspecified atom stereocenters. The van der Waals surface area contributed by atoms with Crippen molar-refractivity contribution in [2.75, 3.05) is 20.8 Å². The van der Waals surface area contributed by atoms with Gasteiger partial charge in [-0.25, -0.2) is 4.79 Å². The first-order chi connectivity index (χ1) is 11.6. The van der Waals surface area contributed by atoms with Crippen LogP contribution in [0.4, 0.5) is 0 Å². The Morgan fingerprint density at radius 3 is 2.58 bits per heavy atom. The average molecular weight is 337 g/mol. The average Bonchev–Trinajstić information content (AvgIpc) is 2.93. The maximum absolute atomic E-state index is 12.5. The van der Waals surface area contributed by atoms with Crippen LogP contribution in [0.15, 0.2) is 30.3 Å². The molecule has 7 nitrogen and oxygen atoms in total.